The Labute approximate surface area is 106 Å². The molecule has 2 heterocycles. The first-order valence-electron chi connectivity index (χ1n) is 5.29. The number of nitrogen functional groups attached to an aromatic ring is 1. The quantitative estimate of drug-likeness (QED) is 0.920. The third-order valence-corrected chi connectivity index (χ3v) is 2.23. The summed E-state index contributed by atoms with van der Waals surface area (Å²) in [6.07, 6.45) is -1.83. The monoisotopic (exact) mass is 273 g/mol. The van der Waals surface area contributed by atoms with Gasteiger partial charge in [0.1, 0.15) is 12.0 Å². The molecule has 0 unspecified atom stereocenters. The van der Waals surface area contributed by atoms with Gasteiger partial charge in [-0.3, -0.25) is 0 Å². The Balaban J connectivity index is 2.42. The molecule has 0 aromatic carbocycles. The number of nitrogens with two attached hydrogens (primary N) is 1. The standard InChI is InChI=1S/C10H10F3N5O/c1-2-19-9-7(14)8(15-5-16-9)18-4-6(3-17-18)10(11,12)13/h3-5H,2,14H2,1H3. The highest BCUT2D eigenvalue weighted by atomic mass is 19.4. The third kappa shape index (κ3) is 2.59. The molecule has 0 saturated heterocycles. The van der Waals surface area contributed by atoms with E-state index in [1.807, 2.05) is 0 Å². The maximum atomic E-state index is 12.5. The Morgan fingerprint density at radius 1 is 1.37 bits per heavy atom. The van der Waals surface area contributed by atoms with Gasteiger partial charge in [0.25, 0.3) is 0 Å². The van der Waals surface area contributed by atoms with Crippen molar-refractivity contribution in [3.05, 3.63) is 24.3 Å². The van der Waals surface area contributed by atoms with Gasteiger partial charge < -0.3 is 10.5 Å². The van der Waals surface area contributed by atoms with Crippen molar-refractivity contribution in [1.82, 2.24) is 19.7 Å². The second-order valence-electron chi connectivity index (χ2n) is 3.52. The van der Waals surface area contributed by atoms with Crippen LogP contribution in [-0.2, 0) is 6.18 Å². The fourth-order valence-corrected chi connectivity index (χ4v) is 1.39. The van der Waals surface area contributed by atoms with Gasteiger partial charge in [-0.1, -0.05) is 0 Å². The number of nitrogens with zero attached hydrogens (tertiary/aromatic N) is 4. The molecule has 0 saturated carbocycles. The van der Waals surface area contributed by atoms with Gasteiger partial charge in [0.2, 0.25) is 5.88 Å². The first-order valence-corrected chi connectivity index (χ1v) is 5.29. The molecule has 0 amide bonds. The summed E-state index contributed by atoms with van der Waals surface area (Å²) in [5, 5.41) is 3.59. The van der Waals surface area contributed by atoms with Gasteiger partial charge in [-0.15, -0.1) is 0 Å². The number of rotatable bonds is 3. The van der Waals surface area contributed by atoms with E-state index in [1.165, 1.54) is 0 Å². The molecular formula is C10H10F3N5O. The molecule has 102 valence electrons. The van der Waals surface area contributed by atoms with Crippen LogP contribution < -0.4 is 10.5 Å². The summed E-state index contributed by atoms with van der Waals surface area (Å²) in [5.74, 6) is 0.144. The Hall–Kier alpha value is -2.32. The van der Waals surface area contributed by atoms with E-state index in [0.29, 0.717) is 12.8 Å². The van der Waals surface area contributed by atoms with Crippen LogP contribution in [0.25, 0.3) is 5.82 Å². The van der Waals surface area contributed by atoms with Crippen molar-refractivity contribution in [2.45, 2.75) is 13.1 Å². The van der Waals surface area contributed by atoms with E-state index < -0.39 is 11.7 Å². The van der Waals surface area contributed by atoms with Crippen LogP contribution in [0.5, 0.6) is 5.88 Å². The molecule has 0 aliphatic carbocycles. The molecule has 2 aromatic heterocycles. The Morgan fingerprint density at radius 3 is 2.68 bits per heavy atom. The molecule has 6 nitrogen and oxygen atoms in total. The molecule has 0 bridgehead atoms. The van der Waals surface area contributed by atoms with Gasteiger partial charge >= 0.3 is 6.18 Å². The SMILES string of the molecule is CCOc1ncnc(-n2cc(C(F)(F)F)cn2)c1N. The molecule has 0 fully saturated rings. The molecule has 19 heavy (non-hydrogen) atoms. The highest BCUT2D eigenvalue weighted by molar-refractivity contribution is 5.59. The Morgan fingerprint density at radius 2 is 2.11 bits per heavy atom. The predicted octanol–water partition coefficient (Wildman–Crippen LogP) is 1.66. The maximum Gasteiger partial charge on any atom is 0.419 e. The van der Waals surface area contributed by atoms with Crippen molar-refractivity contribution in [2.24, 2.45) is 0 Å². The average Bonchev–Trinajstić information content (AvgIpc) is 2.81. The zero-order chi connectivity index (χ0) is 14.0. The van der Waals surface area contributed by atoms with Crippen LogP contribution in [0.15, 0.2) is 18.7 Å². The van der Waals surface area contributed by atoms with E-state index in [0.717, 1.165) is 17.2 Å². The van der Waals surface area contributed by atoms with Crippen molar-refractivity contribution < 1.29 is 17.9 Å². The van der Waals surface area contributed by atoms with E-state index in [2.05, 4.69) is 15.1 Å². The summed E-state index contributed by atoms with van der Waals surface area (Å²) in [7, 11) is 0. The number of alkyl halides is 3. The van der Waals surface area contributed by atoms with E-state index in [1.54, 1.807) is 6.92 Å². The minimum absolute atomic E-state index is 0.0289. The summed E-state index contributed by atoms with van der Waals surface area (Å²) in [6, 6.07) is 0. The zero-order valence-electron chi connectivity index (χ0n) is 9.85. The van der Waals surface area contributed by atoms with E-state index >= 15 is 0 Å². The highest BCUT2D eigenvalue weighted by Crippen LogP contribution is 2.30. The normalized spacial score (nSPS) is 11.6. The second kappa shape index (κ2) is 4.75. The number of aromatic nitrogens is 4. The molecule has 0 atom stereocenters. The lowest BCUT2D eigenvalue weighted by Gasteiger charge is -2.08. The average molecular weight is 273 g/mol. The van der Waals surface area contributed by atoms with Crippen molar-refractivity contribution in [3.8, 4) is 11.7 Å². The Kier molecular flexibility index (Phi) is 3.28. The zero-order valence-corrected chi connectivity index (χ0v) is 9.85. The summed E-state index contributed by atoms with van der Waals surface area (Å²) in [6.45, 7) is 2.06. The van der Waals surface area contributed by atoms with Crippen LogP contribution in [0.2, 0.25) is 0 Å². The summed E-state index contributed by atoms with van der Waals surface area (Å²) in [4.78, 5) is 7.59. The van der Waals surface area contributed by atoms with Crippen molar-refractivity contribution in [1.29, 1.82) is 0 Å². The number of ether oxygens (including phenoxy) is 1. The third-order valence-electron chi connectivity index (χ3n) is 2.23. The van der Waals surface area contributed by atoms with Crippen LogP contribution in [0.1, 0.15) is 12.5 Å². The van der Waals surface area contributed by atoms with Crippen LogP contribution in [0.4, 0.5) is 18.9 Å². The molecule has 0 aliphatic heterocycles. The molecule has 0 radical (unpaired) electrons. The fourth-order valence-electron chi connectivity index (χ4n) is 1.39. The fraction of sp³-hybridized carbons (Fsp3) is 0.300. The van der Waals surface area contributed by atoms with Crippen LogP contribution in [0, 0.1) is 0 Å². The molecule has 2 aromatic rings. The molecule has 0 spiro atoms. The number of halogens is 3. The smallest absolute Gasteiger partial charge is 0.419 e. The number of hydrogen-bond acceptors (Lipinski definition) is 5. The molecule has 2 rings (SSSR count). The molecule has 0 aliphatic rings. The lowest BCUT2D eigenvalue weighted by Crippen LogP contribution is -2.08. The van der Waals surface area contributed by atoms with Gasteiger partial charge in [0, 0.05) is 6.20 Å². The lowest BCUT2D eigenvalue weighted by atomic mass is 10.3. The van der Waals surface area contributed by atoms with E-state index in [4.69, 9.17) is 10.5 Å². The first-order chi connectivity index (χ1) is 8.93. The van der Waals surface area contributed by atoms with Gasteiger partial charge in [-0.05, 0) is 6.92 Å². The maximum absolute atomic E-state index is 12.5. The minimum atomic E-state index is -4.47. The minimum Gasteiger partial charge on any atom is -0.476 e. The van der Waals surface area contributed by atoms with Crippen molar-refractivity contribution >= 4 is 5.69 Å². The molecular weight excluding hydrogens is 263 g/mol. The summed E-state index contributed by atoms with van der Waals surface area (Å²) < 4.78 is 43.5. The first kappa shape index (κ1) is 13.1. The van der Waals surface area contributed by atoms with Gasteiger partial charge in [0.15, 0.2) is 5.82 Å². The topological polar surface area (TPSA) is 78.9 Å². The van der Waals surface area contributed by atoms with Crippen molar-refractivity contribution in [2.75, 3.05) is 12.3 Å². The van der Waals surface area contributed by atoms with E-state index in [-0.39, 0.29) is 17.4 Å². The number of anilines is 1. The predicted molar refractivity (Wildman–Crippen MR) is 59.7 cm³/mol. The molecule has 9 heteroatoms. The van der Waals surface area contributed by atoms with Crippen molar-refractivity contribution in [3.63, 3.8) is 0 Å². The summed E-state index contributed by atoms with van der Waals surface area (Å²) in [5.41, 5.74) is 4.87. The highest BCUT2D eigenvalue weighted by Gasteiger charge is 2.32. The van der Waals surface area contributed by atoms with Crippen LogP contribution in [-0.4, -0.2) is 26.4 Å². The number of hydrogen-bond donors (Lipinski definition) is 1. The van der Waals surface area contributed by atoms with Crippen LogP contribution >= 0.6 is 0 Å². The Bertz CT molecular complexity index is 581. The van der Waals surface area contributed by atoms with Gasteiger partial charge in [-0.25, -0.2) is 9.67 Å². The van der Waals surface area contributed by atoms with Gasteiger partial charge in [0.05, 0.1) is 18.4 Å². The molecule has 2 N–H and O–H groups in total. The van der Waals surface area contributed by atoms with Gasteiger partial charge in [-0.2, -0.15) is 23.3 Å². The summed E-state index contributed by atoms with van der Waals surface area (Å²) >= 11 is 0. The second-order valence-corrected chi connectivity index (χ2v) is 3.52. The largest absolute Gasteiger partial charge is 0.476 e. The van der Waals surface area contributed by atoms with Crippen LogP contribution in [0.3, 0.4) is 0 Å². The lowest BCUT2D eigenvalue weighted by molar-refractivity contribution is -0.137. The van der Waals surface area contributed by atoms with E-state index in [9.17, 15) is 13.2 Å².